The average molecular weight is 309 g/mol. The number of ether oxygens (including phenoxy) is 1. The molecule has 1 aromatic rings. The van der Waals surface area contributed by atoms with Crippen LogP contribution in [0.4, 0.5) is 0 Å². The number of esters is 1. The van der Waals surface area contributed by atoms with Crippen LogP contribution in [0.1, 0.15) is 19.3 Å². The van der Waals surface area contributed by atoms with Gasteiger partial charge in [0.1, 0.15) is 0 Å². The van der Waals surface area contributed by atoms with Gasteiger partial charge in [-0.15, -0.1) is 0 Å². The summed E-state index contributed by atoms with van der Waals surface area (Å²) in [6.45, 7) is 1.24. The van der Waals surface area contributed by atoms with Crippen LogP contribution >= 0.6 is 0 Å². The van der Waals surface area contributed by atoms with Crippen molar-refractivity contribution in [2.24, 2.45) is 5.92 Å². The second-order valence-corrected chi connectivity index (χ2v) is 5.23. The monoisotopic (exact) mass is 309 g/mol. The number of aromatic nitrogens is 2. The number of aromatic amines is 1. The summed E-state index contributed by atoms with van der Waals surface area (Å²) in [7, 11) is 1.36. The van der Waals surface area contributed by atoms with Crippen LogP contribution in [0.2, 0.25) is 0 Å². The molecule has 0 saturated carbocycles. The fourth-order valence-electron chi connectivity index (χ4n) is 2.53. The molecule has 2 heterocycles. The molecule has 0 spiro atoms. The Morgan fingerprint density at radius 1 is 1.32 bits per heavy atom. The van der Waals surface area contributed by atoms with Crippen molar-refractivity contribution in [2.75, 3.05) is 20.2 Å². The first-order valence-corrected chi connectivity index (χ1v) is 7.16. The van der Waals surface area contributed by atoms with E-state index < -0.39 is 11.2 Å². The largest absolute Gasteiger partial charge is 0.469 e. The van der Waals surface area contributed by atoms with Gasteiger partial charge in [0.25, 0.3) is 5.56 Å². The van der Waals surface area contributed by atoms with Gasteiger partial charge in [-0.25, -0.2) is 4.79 Å². The smallest absolute Gasteiger partial charge is 0.328 e. The van der Waals surface area contributed by atoms with Gasteiger partial charge in [-0.2, -0.15) is 0 Å². The van der Waals surface area contributed by atoms with Crippen LogP contribution in [0, 0.1) is 5.92 Å². The Balaban J connectivity index is 1.85. The maximum Gasteiger partial charge on any atom is 0.328 e. The summed E-state index contributed by atoms with van der Waals surface area (Å²) in [5, 5.41) is 0. The van der Waals surface area contributed by atoms with Crippen molar-refractivity contribution in [3.05, 3.63) is 33.1 Å². The van der Waals surface area contributed by atoms with Gasteiger partial charge in [0.15, 0.2) is 0 Å². The van der Waals surface area contributed by atoms with E-state index in [9.17, 15) is 19.2 Å². The molecule has 0 aliphatic carbocycles. The molecule has 0 bridgehead atoms. The number of hydrogen-bond donors (Lipinski definition) is 1. The molecule has 1 saturated heterocycles. The van der Waals surface area contributed by atoms with Crippen molar-refractivity contribution in [2.45, 2.75) is 25.8 Å². The Morgan fingerprint density at radius 2 is 2.00 bits per heavy atom. The normalized spacial score (nSPS) is 15.6. The highest BCUT2D eigenvalue weighted by Gasteiger charge is 2.27. The molecule has 1 amide bonds. The van der Waals surface area contributed by atoms with Gasteiger partial charge in [-0.05, 0) is 12.8 Å². The Kier molecular flexibility index (Phi) is 5.13. The van der Waals surface area contributed by atoms with Crippen molar-refractivity contribution < 1.29 is 14.3 Å². The standard InChI is InChI=1S/C14H19N3O5/c1-22-13(20)10-2-6-16(7-3-10)12(19)5-9-17-8-4-11(18)15-14(17)21/h4,8,10H,2-3,5-7,9H2,1H3,(H,15,18,21). The highest BCUT2D eigenvalue weighted by molar-refractivity contribution is 5.77. The molecule has 1 aromatic heterocycles. The van der Waals surface area contributed by atoms with Crippen molar-refractivity contribution in [3.8, 4) is 0 Å². The molecule has 0 unspecified atom stereocenters. The van der Waals surface area contributed by atoms with E-state index in [1.165, 1.54) is 23.9 Å². The molecule has 8 nitrogen and oxygen atoms in total. The maximum absolute atomic E-state index is 12.1. The number of carbonyl (C=O) groups is 2. The molecule has 0 aromatic carbocycles. The van der Waals surface area contributed by atoms with Crippen LogP contribution in [0.5, 0.6) is 0 Å². The van der Waals surface area contributed by atoms with E-state index in [1.54, 1.807) is 4.90 Å². The quantitative estimate of drug-likeness (QED) is 0.744. The highest BCUT2D eigenvalue weighted by Crippen LogP contribution is 2.18. The zero-order valence-electron chi connectivity index (χ0n) is 12.4. The topological polar surface area (TPSA) is 101 Å². The third-order valence-electron chi connectivity index (χ3n) is 3.85. The number of piperidine rings is 1. The predicted octanol–water partition coefficient (Wildman–Crippen LogP) is -0.662. The van der Waals surface area contributed by atoms with Crippen LogP contribution in [0.15, 0.2) is 21.9 Å². The summed E-state index contributed by atoms with van der Waals surface area (Å²) in [6.07, 6.45) is 2.74. The van der Waals surface area contributed by atoms with Gasteiger partial charge in [0, 0.05) is 38.3 Å². The van der Waals surface area contributed by atoms with E-state index in [0.717, 1.165) is 0 Å². The SMILES string of the molecule is COC(=O)C1CCN(C(=O)CCn2ccc(=O)[nH]c2=O)CC1. The molecule has 1 aliphatic heterocycles. The lowest BCUT2D eigenvalue weighted by molar-refractivity contribution is -0.148. The van der Waals surface area contributed by atoms with Crippen LogP contribution in [0.25, 0.3) is 0 Å². The minimum Gasteiger partial charge on any atom is -0.469 e. The van der Waals surface area contributed by atoms with E-state index in [1.807, 2.05) is 0 Å². The zero-order chi connectivity index (χ0) is 16.1. The molecule has 0 atom stereocenters. The first-order chi connectivity index (χ1) is 10.5. The first kappa shape index (κ1) is 16.0. The number of aryl methyl sites for hydroxylation is 1. The minimum absolute atomic E-state index is 0.0681. The van der Waals surface area contributed by atoms with E-state index in [4.69, 9.17) is 4.74 Å². The van der Waals surface area contributed by atoms with E-state index in [-0.39, 0.29) is 30.8 Å². The Hall–Kier alpha value is -2.38. The van der Waals surface area contributed by atoms with Crippen LogP contribution in [0.3, 0.4) is 0 Å². The van der Waals surface area contributed by atoms with E-state index in [0.29, 0.717) is 25.9 Å². The lowest BCUT2D eigenvalue weighted by Gasteiger charge is -2.30. The van der Waals surface area contributed by atoms with Gasteiger partial charge in [-0.3, -0.25) is 19.4 Å². The summed E-state index contributed by atoms with van der Waals surface area (Å²) >= 11 is 0. The number of carbonyl (C=O) groups excluding carboxylic acids is 2. The van der Waals surface area contributed by atoms with Crippen LogP contribution in [-0.2, 0) is 20.9 Å². The molecule has 120 valence electrons. The van der Waals surface area contributed by atoms with Crippen molar-refractivity contribution >= 4 is 11.9 Å². The first-order valence-electron chi connectivity index (χ1n) is 7.16. The number of nitrogens with one attached hydrogen (secondary N) is 1. The average Bonchev–Trinajstić information content (AvgIpc) is 2.53. The summed E-state index contributed by atoms with van der Waals surface area (Å²) in [5.41, 5.74) is -0.984. The van der Waals surface area contributed by atoms with E-state index in [2.05, 4.69) is 4.98 Å². The molecular formula is C14H19N3O5. The fourth-order valence-corrected chi connectivity index (χ4v) is 2.53. The summed E-state index contributed by atoms with van der Waals surface area (Å²) < 4.78 is 6.00. The Labute approximate surface area is 126 Å². The molecule has 1 aliphatic rings. The highest BCUT2D eigenvalue weighted by atomic mass is 16.5. The van der Waals surface area contributed by atoms with Crippen molar-refractivity contribution in [1.29, 1.82) is 0 Å². The lowest BCUT2D eigenvalue weighted by atomic mass is 9.97. The van der Waals surface area contributed by atoms with Gasteiger partial charge >= 0.3 is 11.7 Å². The third kappa shape index (κ3) is 3.84. The number of hydrogen-bond acceptors (Lipinski definition) is 5. The van der Waals surface area contributed by atoms with Gasteiger partial charge in [0.05, 0.1) is 13.0 Å². The number of nitrogens with zero attached hydrogens (tertiary/aromatic N) is 2. The fraction of sp³-hybridized carbons (Fsp3) is 0.571. The van der Waals surface area contributed by atoms with Crippen LogP contribution in [-0.4, -0.2) is 46.5 Å². The lowest BCUT2D eigenvalue weighted by Crippen LogP contribution is -2.41. The number of H-pyrrole nitrogens is 1. The summed E-state index contributed by atoms with van der Waals surface area (Å²) in [5.74, 6) is -0.441. The predicted molar refractivity (Wildman–Crippen MR) is 77.3 cm³/mol. The maximum atomic E-state index is 12.1. The summed E-state index contributed by atoms with van der Waals surface area (Å²) in [6, 6.07) is 1.24. The second kappa shape index (κ2) is 7.06. The molecular weight excluding hydrogens is 290 g/mol. The van der Waals surface area contributed by atoms with Crippen molar-refractivity contribution in [3.63, 3.8) is 0 Å². The molecule has 0 radical (unpaired) electrons. The number of methoxy groups -OCH3 is 1. The molecule has 1 N–H and O–H groups in total. The Bertz CT molecular complexity index is 655. The number of likely N-dealkylation sites (tertiary alicyclic amines) is 1. The van der Waals surface area contributed by atoms with Gasteiger partial charge in [0.2, 0.25) is 5.91 Å². The molecule has 22 heavy (non-hydrogen) atoms. The Morgan fingerprint density at radius 3 is 2.59 bits per heavy atom. The molecule has 2 rings (SSSR count). The molecule has 8 heteroatoms. The van der Waals surface area contributed by atoms with E-state index >= 15 is 0 Å². The van der Waals surface area contributed by atoms with Gasteiger partial charge < -0.3 is 14.2 Å². The van der Waals surface area contributed by atoms with Gasteiger partial charge in [-0.1, -0.05) is 0 Å². The number of amides is 1. The van der Waals surface area contributed by atoms with Crippen molar-refractivity contribution in [1.82, 2.24) is 14.5 Å². The summed E-state index contributed by atoms with van der Waals surface area (Å²) in [4.78, 5) is 49.8. The third-order valence-corrected chi connectivity index (χ3v) is 3.85. The second-order valence-electron chi connectivity index (χ2n) is 5.23. The molecule has 1 fully saturated rings. The number of rotatable bonds is 4. The minimum atomic E-state index is -0.523. The zero-order valence-corrected chi connectivity index (χ0v) is 12.4. The van der Waals surface area contributed by atoms with Crippen LogP contribution < -0.4 is 11.2 Å².